The SMILES string of the molecule is CCNc1ncc(S(=O)(=O)N2CCCSCC2)cc1Cl. The molecular formula is C12H18ClN3O2S2. The summed E-state index contributed by atoms with van der Waals surface area (Å²) in [6.45, 7) is 3.71. The van der Waals surface area contributed by atoms with Crippen molar-refractivity contribution >= 4 is 39.2 Å². The molecule has 0 amide bonds. The Balaban J connectivity index is 2.26. The highest BCUT2D eigenvalue weighted by Gasteiger charge is 2.26. The van der Waals surface area contributed by atoms with Gasteiger partial charge in [0.2, 0.25) is 10.0 Å². The Morgan fingerprint density at radius 3 is 2.95 bits per heavy atom. The lowest BCUT2D eigenvalue weighted by Gasteiger charge is -2.19. The molecule has 0 bridgehead atoms. The lowest BCUT2D eigenvalue weighted by molar-refractivity contribution is 0.435. The molecule has 1 aliphatic rings. The average molecular weight is 336 g/mol. The molecule has 1 N–H and O–H groups in total. The van der Waals surface area contributed by atoms with Crippen LogP contribution in [0.4, 0.5) is 5.82 Å². The van der Waals surface area contributed by atoms with Gasteiger partial charge in [-0.1, -0.05) is 11.6 Å². The van der Waals surface area contributed by atoms with Crippen LogP contribution in [0.2, 0.25) is 5.02 Å². The maximum atomic E-state index is 12.6. The first-order chi connectivity index (χ1) is 9.55. The minimum atomic E-state index is -3.49. The summed E-state index contributed by atoms with van der Waals surface area (Å²) in [6.07, 6.45) is 2.25. The van der Waals surface area contributed by atoms with E-state index in [-0.39, 0.29) is 4.90 Å². The Hall–Kier alpha value is -0.500. The molecule has 0 atom stereocenters. The molecule has 0 aromatic carbocycles. The number of pyridine rings is 1. The average Bonchev–Trinajstić information content (AvgIpc) is 2.70. The molecule has 5 nitrogen and oxygen atoms in total. The molecule has 0 saturated carbocycles. The van der Waals surface area contributed by atoms with Crippen molar-refractivity contribution in [1.82, 2.24) is 9.29 Å². The molecule has 2 heterocycles. The summed E-state index contributed by atoms with van der Waals surface area (Å²) in [4.78, 5) is 4.26. The highest BCUT2D eigenvalue weighted by Crippen LogP contribution is 2.25. The van der Waals surface area contributed by atoms with Gasteiger partial charge in [-0.3, -0.25) is 0 Å². The number of nitrogens with one attached hydrogen (secondary N) is 1. The lowest BCUT2D eigenvalue weighted by Crippen LogP contribution is -2.33. The van der Waals surface area contributed by atoms with Crippen LogP contribution in [-0.4, -0.2) is 48.8 Å². The number of sulfonamides is 1. The van der Waals surface area contributed by atoms with E-state index in [1.54, 1.807) is 11.8 Å². The standard InChI is InChI=1S/C12H18ClN3O2S2/c1-2-14-12-11(13)8-10(9-15-12)20(17,18)16-4-3-6-19-7-5-16/h8-9H,2-7H2,1H3,(H,14,15). The van der Waals surface area contributed by atoms with Gasteiger partial charge in [-0.15, -0.1) is 0 Å². The Labute approximate surface area is 129 Å². The van der Waals surface area contributed by atoms with Crippen molar-refractivity contribution in [2.45, 2.75) is 18.2 Å². The molecule has 8 heteroatoms. The molecule has 20 heavy (non-hydrogen) atoms. The van der Waals surface area contributed by atoms with E-state index < -0.39 is 10.0 Å². The predicted octanol–water partition coefficient (Wildman–Crippen LogP) is 2.29. The van der Waals surface area contributed by atoms with Crippen molar-refractivity contribution in [3.05, 3.63) is 17.3 Å². The largest absolute Gasteiger partial charge is 0.369 e. The van der Waals surface area contributed by atoms with Gasteiger partial charge in [0.1, 0.15) is 10.7 Å². The van der Waals surface area contributed by atoms with E-state index in [2.05, 4.69) is 10.3 Å². The van der Waals surface area contributed by atoms with Gasteiger partial charge in [0.25, 0.3) is 0 Å². The van der Waals surface area contributed by atoms with Crippen LogP contribution in [-0.2, 0) is 10.0 Å². The zero-order valence-corrected chi connectivity index (χ0v) is 13.7. The van der Waals surface area contributed by atoms with Gasteiger partial charge in [0.05, 0.1) is 5.02 Å². The number of halogens is 1. The predicted molar refractivity (Wildman–Crippen MR) is 84.1 cm³/mol. The number of hydrogen-bond acceptors (Lipinski definition) is 5. The fourth-order valence-corrected chi connectivity index (χ4v) is 4.72. The molecule has 1 aliphatic heterocycles. The van der Waals surface area contributed by atoms with Gasteiger partial charge in [0, 0.05) is 31.6 Å². The molecule has 0 unspecified atom stereocenters. The van der Waals surface area contributed by atoms with Gasteiger partial charge >= 0.3 is 0 Å². The van der Waals surface area contributed by atoms with Crippen molar-refractivity contribution in [3.63, 3.8) is 0 Å². The fourth-order valence-electron chi connectivity index (χ4n) is 1.97. The zero-order chi connectivity index (χ0) is 14.6. The quantitative estimate of drug-likeness (QED) is 0.914. The molecule has 112 valence electrons. The van der Waals surface area contributed by atoms with Gasteiger partial charge in [-0.05, 0) is 25.2 Å². The number of rotatable bonds is 4. The summed E-state index contributed by atoms with van der Waals surface area (Å²) in [7, 11) is -3.49. The van der Waals surface area contributed by atoms with E-state index in [1.807, 2.05) is 6.92 Å². The Morgan fingerprint density at radius 1 is 1.45 bits per heavy atom. The van der Waals surface area contributed by atoms with Crippen molar-refractivity contribution in [1.29, 1.82) is 0 Å². The number of anilines is 1. The molecule has 1 aromatic rings. The molecule has 1 saturated heterocycles. The van der Waals surface area contributed by atoms with Crippen LogP contribution >= 0.6 is 23.4 Å². The third-order valence-electron chi connectivity index (χ3n) is 2.98. The van der Waals surface area contributed by atoms with Crippen LogP contribution in [0.5, 0.6) is 0 Å². The monoisotopic (exact) mass is 335 g/mol. The van der Waals surface area contributed by atoms with Gasteiger partial charge < -0.3 is 5.32 Å². The second kappa shape index (κ2) is 6.98. The second-order valence-electron chi connectivity index (χ2n) is 4.40. The lowest BCUT2D eigenvalue weighted by atomic mass is 10.4. The molecule has 0 aliphatic carbocycles. The number of nitrogens with zero attached hydrogens (tertiary/aromatic N) is 2. The molecule has 2 rings (SSSR count). The highest BCUT2D eigenvalue weighted by atomic mass is 35.5. The molecule has 1 aromatic heterocycles. The van der Waals surface area contributed by atoms with E-state index >= 15 is 0 Å². The smallest absolute Gasteiger partial charge is 0.244 e. The van der Waals surface area contributed by atoms with Crippen molar-refractivity contribution in [3.8, 4) is 0 Å². The Kier molecular flexibility index (Phi) is 5.54. The van der Waals surface area contributed by atoms with Crippen LogP contribution in [0.15, 0.2) is 17.2 Å². The third kappa shape index (κ3) is 3.58. The molecule has 1 fully saturated rings. The molecular weight excluding hydrogens is 318 g/mol. The van der Waals surface area contributed by atoms with Crippen molar-refractivity contribution in [2.24, 2.45) is 0 Å². The first-order valence-corrected chi connectivity index (χ1v) is 9.50. The maximum Gasteiger partial charge on any atom is 0.244 e. The van der Waals surface area contributed by atoms with E-state index in [0.717, 1.165) is 17.9 Å². The number of thioether (sulfide) groups is 1. The van der Waals surface area contributed by atoms with Crippen LogP contribution < -0.4 is 5.32 Å². The van der Waals surface area contributed by atoms with Gasteiger partial charge in [-0.2, -0.15) is 16.1 Å². The topological polar surface area (TPSA) is 62.3 Å². The molecule has 0 radical (unpaired) electrons. The summed E-state index contributed by atoms with van der Waals surface area (Å²) in [5.41, 5.74) is 0. The second-order valence-corrected chi connectivity index (χ2v) is 7.97. The first kappa shape index (κ1) is 15.9. The maximum absolute atomic E-state index is 12.6. The van der Waals surface area contributed by atoms with Crippen molar-refractivity contribution in [2.75, 3.05) is 36.5 Å². The van der Waals surface area contributed by atoms with Crippen molar-refractivity contribution < 1.29 is 8.42 Å². The van der Waals surface area contributed by atoms with Crippen LogP contribution in [0.1, 0.15) is 13.3 Å². The summed E-state index contributed by atoms with van der Waals surface area (Å²) in [5.74, 6) is 2.35. The minimum Gasteiger partial charge on any atom is -0.369 e. The fraction of sp³-hybridized carbons (Fsp3) is 0.583. The van der Waals surface area contributed by atoms with E-state index in [1.165, 1.54) is 16.6 Å². The third-order valence-corrected chi connectivity index (χ3v) is 6.18. The summed E-state index contributed by atoms with van der Waals surface area (Å²) in [6, 6.07) is 1.47. The number of hydrogen-bond donors (Lipinski definition) is 1. The highest BCUT2D eigenvalue weighted by molar-refractivity contribution is 7.99. The minimum absolute atomic E-state index is 0.163. The summed E-state index contributed by atoms with van der Waals surface area (Å²) < 4.78 is 26.6. The first-order valence-electron chi connectivity index (χ1n) is 6.53. The zero-order valence-electron chi connectivity index (χ0n) is 11.3. The van der Waals surface area contributed by atoms with Crippen LogP contribution in [0.3, 0.4) is 0 Å². The van der Waals surface area contributed by atoms with Gasteiger partial charge in [-0.25, -0.2) is 13.4 Å². The Morgan fingerprint density at radius 2 is 2.25 bits per heavy atom. The summed E-state index contributed by atoms with van der Waals surface area (Å²) >= 11 is 7.86. The number of aromatic nitrogens is 1. The Bertz CT molecular complexity index is 558. The van der Waals surface area contributed by atoms with E-state index in [9.17, 15) is 8.42 Å². The van der Waals surface area contributed by atoms with Crippen LogP contribution in [0, 0.1) is 0 Å². The van der Waals surface area contributed by atoms with Crippen LogP contribution in [0.25, 0.3) is 0 Å². The summed E-state index contributed by atoms with van der Waals surface area (Å²) in [5, 5.41) is 3.32. The normalized spacial score (nSPS) is 17.7. The van der Waals surface area contributed by atoms with E-state index in [0.29, 0.717) is 30.5 Å². The molecule has 0 spiro atoms. The van der Waals surface area contributed by atoms with Gasteiger partial charge in [0.15, 0.2) is 0 Å². The van der Waals surface area contributed by atoms with E-state index in [4.69, 9.17) is 11.6 Å².